The highest BCUT2D eigenvalue weighted by Gasteiger charge is 2.30. The first-order valence-electron chi connectivity index (χ1n) is 8.65. The fourth-order valence-corrected chi connectivity index (χ4v) is 3.06. The number of benzene rings is 3. The summed E-state index contributed by atoms with van der Waals surface area (Å²) >= 11 is 0. The van der Waals surface area contributed by atoms with Crippen LogP contribution in [-0.4, -0.2) is 5.11 Å². The Labute approximate surface area is 159 Å². The summed E-state index contributed by atoms with van der Waals surface area (Å²) in [4.78, 5) is 0. The Kier molecular flexibility index (Phi) is 5.52. The van der Waals surface area contributed by atoms with Crippen LogP contribution in [0, 0.1) is 11.6 Å². The van der Waals surface area contributed by atoms with Gasteiger partial charge in [-0.3, -0.25) is 0 Å². The third-order valence-corrected chi connectivity index (χ3v) is 4.65. The number of aryl methyl sites for hydroxylation is 1. The molecule has 1 nitrogen and oxygen atoms in total. The molecule has 0 atom stereocenters. The van der Waals surface area contributed by atoms with E-state index in [9.17, 15) is 22.7 Å². The Balaban J connectivity index is 2.22. The molecule has 0 heterocycles. The smallest absolute Gasteiger partial charge is 0.391 e. The third kappa shape index (κ3) is 3.78. The summed E-state index contributed by atoms with van der Waals surface area (Å²) in [6, 6.07) is 12.1. The minimum Gasteiger partial charge on any atom is -0.391 e. The van der Waals surface area contributed by atoms with Crippen LogP contribution < -0.4 is 0 Å². The van der Waals surface area contributed by atoms with Crippen LogP contribution in [0.15, 0.2) is 54.6 Å². The number of alkyl halides is 3. The summed E-state index contributed by atoms with van der Waals surface area (Å²) < 4.78 is 67.8. The lowest BCUT2D eigenvalue weighted by Crippen LogP contribution is -2.04. The second kappa shape index (κ2) is 7.72. The number of rotatable bonds is 4. The van der Waals surface area contributed by atoms with Crippen LogP contribution in [-0.2, 0) is 19.2 Å². The molecule has 0 aliphatic rings. The van der Waals surface area contributed by atoms with Crippen molar-refractivity contribution in [3.05, 3.63) is 82.9 Å². The molecule has 28 heavy (non-hydrogen) atoms. The lowest BCUT2D eigenvalue weighted by atomic mass is 9.91. The minimum atomic E-state index is -4.51. The molecule has 6 heteroatoms. The van der Waals surface area contributed by atoms with Gasteiger partial charge in [0.05, 0.1) is 12.2 Å². The predicted octanol–water partition coefficient (Wildman–Crippen LogP) is 6.37. The zero-order valence-electron chi connectivity index (χ0n) is 14.9. The molecule has 0 radical (unpaired) electrons. The zero-order valence-corrected chi connectivity index (χ0v) is 14.9. The maximum absolute atomic E-state index is 15.0. The van der Waals surface area contributed by atoms with E-state index in [0.717, 1.165) is 30.2 Å². The van der Waals surface area contributed by atoms with E-state index in [-0.39, 0.29) is 16.7 Å². The molecule has 0 amide bonds. The molecule has 1 N–H and O–H groups in total. The Morgan fingerprint density at radius 3 is 1.93 bits per heavy atom. The molecule has 3 aromatic rings. The first-order valence-corrected chi connectivity index (χ1v) is 8.65. The maximum Gasteiger partial charge on any atom is 0.416 e. The van der Waals surface area contributed by atoms with Crippen LogP contribution in [0.3, 0.4) is 0 Å². The second-order valence-electron chi connectivity index (χ2n) is 6.36. The number of hydrogen-bond donors (Lipinski definition) is 1. The van der Waals surface area contributed by atoms with Crippen LogP contribution in [0.25, 0.3) is 22.3 Å². The summed E-state index contributed by atoms with van der Waals surface area (Å²) in [5, 5.41) is 9.34. The van der Waals surface area contributed by atoms with Gasteiger partial charge in [0.15, 0.2) is 0 Å². The fraction of sp³-hybridized carbons (Fsp3) is 0.182. The van der Waals surface area contributed by atoms with E-state index in [2.05, 4.69) is 0 Å². The van der Waals surface area contributed by atoms with E-state index < -0.39 is 35.5 Å². The van der Waals surface area contributed by atoms with Gasteiger partial charge in [0.1, 0.15) is 11.6 Å². The summed E-state index contributed by atoms with van der Waals surface area (Å²) in [6.07, 6.45) is -3.73. The Hall–Kier alpha value is -2.73. The summed E-state index contributed by atoms with van der Waals surface area (Å²) in [5.74, 6) is -1.88. The van der Waals surface area contributed by atoms with Gasteiger partial charge in [-0.1, -0.05) is 43.3 Å². The van der Waals surface area contributed by atoms with Gasteiger partial charge < -0.3 is 5.11 Å². The van der Waals surface area contributed by atoms with Gasteiger partial charge in [-0.25, -0.2) is 8.78 Å². The van der Waals surface area contributed by atoms with Crippen molar-refractivity contribution < 1.29 is 27.1 Å². The molecule has 146 valence electrons. The largest absolute Gasteiger partial charge is 0.416 e. The summed E-state index contributed by atoms with van der Waals surface area (Å²) in [5.41, 5.74) is 0.523. The number of hydrogen-bond acceptors (Lipinski definition) is 1. The van der Waals surface area contributed by atoms with Crippen molar-refractivity contribution >= 4 is 0 Å². The van der Waals surface area contributed by atoms with E-state index in [1.807, 2.05) is 6.92 Å². The molecule has 0 aliphatic heterocycles. The van der Waals surface area contributed by atoms with Gasteiger partial charge in [0.2, 0.25) is 0 Å². The molecule has 0 bridgehead atoms. The first kappa shape index (κ1) is 20.0. The molecule has 0 fully saturated rings. The summed E-state index contributed by atoms with van der Waals surface area (Å²) in [6.45, 7) is 1.13. The van der Waals surface area contributed by atoms with Crippen LogP contribution >= 0.6 is 0 Å². The second-order valence-corrected chi connectivity index (χ2v) is 6.36. The Morgan fingerprint density at radius 2 is 1.43 bits per heavy atom. The standard InChI is InChI=1S/C22H17F5O/c1-2-13-3-5-15(6-4-13)20-17(11-19(23)18(12-28)21(20)24)14-7-9-16(10-8-14)22(25,26)27/h3-11,28H,2,12H2,1H3. The molecule has 0 saturated heterocycles. The topological polar surface area (TPSA) is 20.2 Å². The SMILES string of the molecule is CCc1ccc(-c2c(-c3ccc(C(F)(F)F)cc3)cc(F)c(CO)c2F)cc1. The molecule has 3 rings (SSSR count). The van der Waals surface area contributed by atoms with Gasteiger partial charge in [-0.05, 0) is 46.9 Å². The maximum atomic E-state index is 15.0. The van der Waals surface area contributed by atoms with E-state index in [1.165, 1.54) is 12.1 Å². The van der Waals surface area contributed by atoms with Crippen LogP contribution in [0.1, 0.15) is 23.6 Å². The minimum absolute atomic E-state index is 0.0351. The van der Waals surface area contributed by atoms with Crippen molar-refractivity contribution in [2.75, 3.05) is 0 Å². The van der Waals surface area contributed by atoms with Crippen molar-refractivity contribution in [1.82, 2.24) is 0 Å². The van der Waals surface area contributed by atoms with E-state index in [4.69, 9.17) is 0 Å². The van der Waals surface area contributed by atoms with Crippen molar-refractivity contribution in [3.63, 3.8) is 0 Å². The molecular formula is C22H17F5O. The predicted molar refractivity (Wildman–Crippen MR) is 97.5 cm³/mol. The van der Waals surface area contributed by atoms with Crippen molar-refractivity contribution in [3.8, 4) is 22.3 Å². The average Bonchev–Trinajstić information content (AvgIpc) is 2.67. The monoisotopic (exact) mass is 392 g/mol. The lowest BCUT2D eigenvalue weighted by Gasteiger charge is -2.16. The molecule has 3 aromatic carbocycles. The van der Waals surface area contributed by atoms with Gasteiger partial charge in [-0.2, -0.15) is 13.2 Å². The van der Waals surface area contributed by atoms with E-state index in [0.29, 0.717) is 5.56 Å². The number of halogens is 5. The normalized spacial score (nSPS) is 11.7. The van der Waals surface area contributed by atoms with Crippen LogP contribution in [0.2, 0.25) is 0 Å². The van der Waals surface area contributed by atoms with Crippen molar-refractivity contribution in [2.45, 2.75) is 26.1 Å². The number of aliphatic hydroxyl groups is 1. The molecule has 0 aliphatic carbocycles. The number of aliphatic hydroxyl groups excluding tert-OH is 1. The van der Waals surface area contributed by atoms with Crippen LogP contribution in [0.4, 0.5) is 22.0 Å². The van der Waals surface area contributed by atoms with Gasteiger partial charge in [0, 0.05) is 11.1 Å². The van der Waals surface area contributed by atoms with Crippen molar-refractivity contribution in [1.29, 1.82) is 0 Å². The highest BCUT2D eigenvalue weighted by atomic mass is 19.4. The molecular weight excluding hydrogens is 375 g/mol. The van der Waals surface area contributed by atoms with E-state index in [1.54, 1.807) is 24.3 Å². The molecule has 0 aromatic heterocycles. The molecule has 0 spiro atoms. The third-order valence-electron chi connectivity index (χ3n) is 4.65. The van der Waals surface area contributed by atoms with E-state index >= 15 is 4.39 Å². The fourth-order valence-electron chi connectivity index (χ4n) is 3.06. The Bertz CT molecular complexity index is 974. The summed E-state index contributed by atoms with van der Waals surface area (Å²) in [7, 11) is 0. The lowest BCUT2D eigenvalue weighted by molar-refractivity contribution is -0.137. The van der Waals surface area contributed by atoms with Gasteiger partial charge >= 0.3 is 6.18 Å². The van der Waals surface area contributed by atoms with Gasteiger partial charge in [-0.15, -0.1) is 0 Å². The van der Waals surface area contributed by atoms with Crippen LogP contribution in [0.5, 0.6) is 0 Å². The molecule has 0 saturated carbocycles. The highest BCUT2D eigenvalue weighted by Crippen LogP contribution is 2.38. The first-order chi connectivity index (χ1) is 13.3. The van der Waals surface area contributed by atoms with Gasteiger partial charge in [0.25, 0.3) is 0 Å². The highest BCUT2D eigenvalue weighted by molar-refractivity contribution is 5.84. The quantitative estimate of drug-likeness (QED) is 0.512. The average molecular weight is 392 g/mol. The zero-order chi connectivity index (χ0) is 20.5. The molecule has 0 unspecified atom stereocenters. The van der Waals surface area contributed by atoms with Crippen molar-refractivity contribution in [2.24, 2.45) is 0 Å². The Morgan fingerprint density at radius 1 is 0.857 bits per heavy atom.